The highest BCUT2D eigenvalue weighted by Crippen LogP contribution is 2.25. The summed E-state index contributed by atoms with van der Waals surface area (Å²) < 4.78 is 26.6. The summed E-state index contributed by atoms with van der Waals surface area (Å²) in [7, 11) is -0.744. The Bertz CT molecular complexity index is 885. The fraction of sp³-hybridized carbons (Fsp3) is 0.312. The van der Waals surface area contributed by atoms with E-state index in [1.165, 1.54) is 37.2 Å². The number of carbonyl (C=O) groups excluding carboxylic acids is 1. The predicted molar refractivity (Wildman–Crippen MR) is 113 cm³/mol. The lowest BCUT2D eigenvalue weighted by Crippen LogP contribution is -2.27. The van der Waals surface area contributed by atoms with Crippen molar-refractivity contribution in [3.8, 4) is 0 Å². The molecule has 1 aromatic carbocycles. The molecule has 0 aliphatic rings. The van der Waals surface area contributed by atoms with Crippen LogP contribution in [0, 0.1) is 0 Å². The SMILES string of the molecule is CN(C)S(=O)(=O)c1ccc(Cl)c(C(=O)NCCSCc2ccc(Br)s2)c1. The first-order chi connectivity index (χ1) is 12.2. The van der Waals surface area contributed by atoms with E-state index in [0.29, 0.717) is 6.54 Å². The first-order valence-corrected chi connectivity index (χ1v) is 12.1. The van der Waals surface area contributed by atoms with Gasteiger partial charge in [-0.3, -0.25) is 4.79 Å². The molecule has 1 heterocycles. The maximum Gasteiger partial charge on any atom is 0.252 e. The van der Waals surface area contributed by atoms with Gasteiger partial charge in [0, 0.05) is 37.0 Å². The normalized spacial score (nSPS) is 11.7. The minimum Gasteiger partial charge on any atom is -0.351 e. The number of carbonyl (C=O) groups is 1. The van der Waals surface area contributed by atoms with Gasteiger partial charge < -0.3 is 5.32 Å². The first-order valence-electron chi connectivity index (χ1n) is 7.54. The summed E-state index contributed by atoms with van der Waals surface area (Å²) in [5, 5.41) is 3.00. The Morgan fingerprint density at radius 3 is 2.65 bits per heavy atom. The van der Waals surface area contributed by atoms with Crippen molar-refractivity contribution in [1.82, 2.24) is 9.62 Å². The van der Waals surface area contributed by atoms with Gasteiger partial charge in [-0.1, -0.05) is 11.6 Å². The molecule has 0 atom stereocenters. The number of nitrogens with zero attached hydrogens (tertiary/aromatic N) is 1. The molecule has 142 valence electrons. The van der Waals surface area contributed by atoms with Gasteiger partial charge in [-0.15, -0.1) is 11.3 Å². The molecule has 5 nitrogen and oxygen atoms in total. The maximum atomic E-state index is 12.3. The lowest BCUT2D eigenvalue weighted by molar-refractivity contribution is 0.0956. The van der Waals surface area contributed by atoms with E-state index < -0.39 is 10.0 Å². The topological polar surface area (TPSA) is 66.5 Å². The molecule has 0 spiro atoms. The minimum atomic E-state index is -3.62. The zero-order valence-corrected chi connectivity index (χ0v) is 19.0. The zero-order valence-electron chi connectivity index (χ0n) is 14.2. The number of nitrogens with one attached hydrogen (secondary N) is 1. The van der Waals surface area contributed by atoms with E-state index in [1.54, 1.807) is 23.1 Å². The summed E-state index contributed by atoms with van der Waals surface area (Å²) in [5.74, 6) is 1.24. The number of hydrogen-bond donors (Lipinski definition) is 1. The summed E-state index contributed by atoms with van der Waals surface area (Å²) in [6.07, 6.45) is 0. The fourth-order valence-corrected chi connectivity index (χ4v) is 5.57. The monoisotopic (exact) mass is 496 g/mol. The van der Waals surface area contributed by atoms with Crippen LogP contribution in [0.1, 0.15) is 15.2 Å². The van der Waals surface area contributed by atoms with Crippen molar-refractivity contribution in [2.45, 2.75) is 10.6 Å². The average Bonchev–Trinajstić information content (AvgIpc) is 2.99. The number of halogens is 2. The molecule has 26 heavy (non-hydrogen) atoms. The largest absolute Gasteiger partial charge is 0.351 e. The van der Waals surface area contributed by atoms with Crippen LogP contribution in [0.5, 0.6) is 0 Å². The maximum absolute atomic E-state index is 12.3. The predicted octanol–water partition coefficient (Wildman–Crippen LogP) is 4.08. The molecular weight excluding hydrogens is 480 g/mol. The van der Waals surface area contributed by atoms with E-state index in [1.807, 2.05) is 6.07 Å². The third-order valence-electron chi connectivity index (χ3n) is 3.37. The smallest absolute Gasteiger partial charge is 0.252 e. The Morgan fingerprint density at radius 1 is 1.31 bits per heavy atom. The molecule has 2 rings (SSSR count). The summed E-state index contributed by atoms with van der Waals surface area (Å²) in [6, 6.07) is 8.21. The molecule has 0 aliphatic carbocycles. The Kier molecular flexibility index (Phi) is 7.99. The number of thioether (sulfide) groups is 1. The molecule has 0 fully saturated rings. The van der Waals surface area contributed by atoms with E-state index in [9.17, 15) is 13.2 Å². The van der Waals surface area contributed by atoms with Gasteiger partial charge in [-0.05, 0) is 46.3 Å². The van der Waals surface area contributed by atoms with Crippen LogP contribution < -0.4 is 5.32 Å². The van der Waals surface area contributed by atoms with Gasteiger partial charge in [0.1, 0.15) is 0 Å². The number of sulfonamides is 1. The van der Waals surface area contributed by atoms with Crippen molar-refractivity contribution in [3.05, 3.63) is 49.6 Å². The molecule has 0 radical (unpaired) electrons. The standard InChI is InChI=1S/C16H18BrClN2O3S3/c1-20(2)26(22,23)12-4-5-14(18)13(9-12)16(21)19-7-8-24-10-11-3-6-15(17)25-11/h3-6,9H,7-8,10H2,1-2H3,(H,19,21). The molecule has 0 saturated heterocycles. The van der Waals surface area contributed by atoms with Crippen molar-refractivity contribution in [2.24, 2.45) is 0 Å². The van der Waals surface area contributed by atoms with E-state index >= 15 is 0 Å². The van der Waals surface area contributed by atoms with Crippen LogP contribution in [-0.2, 0) is 15.8 Å². The second-order valence-electron chi connectivity index (χ2n) is 5.44. The highest BCUT2D eigenvalue weighted by molar-refractivity contribution is 9.11. The van der Waals surface area contributed by atoms with Crippen molar-refractivity contribution in [3.63, 3.8) is 0 Å². The van der Waals surface area contributed by atoms with Gasteiger partial charge in [0.15, 0.2) is 0 Å². The molecule has 0 aliphatic heterocycles. The van der Waals surface area contributed by atoms with E-state index in [2.05, 4.69) is 27.3 Å². The third kappa shape index (κ3) is 5.71. The number of thiophene rings is 1. The van der Waals surface area contributed by atoms with Crippen LogP contribution in [0.15, 0.2) is 39.0 Å². The number of rotatable bonds is 8. The van der Waals surface area contributed by atoms with Crippen LogP contribution >= 0.6 is 50.6 Å². The third-order valence-corrected chi connectivity index (χ3v) is 8.32. The average molecular weight is 498 g/mol. The second-order valence-corrected chi connectivity index (χ2v) is 11.7. The molecular formula is C16H18BrClN2O3S3. The van der Waals surface area contributed by atoms with E-state index in [4.69, 9.17) is 11.6 Å². The minimum absolute atomic E-state index is 0.0368. The molecule has 0 saturated carbocycles. The Labute approximate surface area is 175 Å². The van der Waals surface area contributed by atoms with E-state index in [-0.39, 0.29) is 21.4 Å². The molecule has 10 heteroatoms. The van der Waals surface area contributed by atoms with Crippen LogP contribution in [0.2, 0.25) is 5.02 Å². The van der Waals surface area contributed by atoms with Crippen LogP contribution in [0.3, 0.4) is 0 Å². The first kappa shape index (κ1) is 21.7. The van der Waals surface area contributed by atoms with Gasteiger partial charge in [0.2, 0.25) is 10.0 Å². The van der Waals surface area contributed by atoms with Gasteiger partial charge in [-0.2, -0.15) is 11.8 Å². The molecule has 0 bridgehead atoms. The Balaban J connectivity index is 1.92. The van der Waals surface area contributed by atoms with E-state index in [0.717, 1.165) is 19.6 Å². The van der Waals surface area contributed by atoms with Crippen LogP contribution in [-0.4, -0.2) is 45.0 Å². The van der Waals surface area contributed by atoms with Gasteiger partial charge in [0.25, 0.3) is 5.91 Å². The van der Waals surface area contributed by atoms with Gasteiger partial charge >= 0.3 is 0 Å². The van der Waals surface area contributed by atoms with Gasteiger partial charge in [-0.25, -0.2) is 12.7 Å². The Hall–Kier alpha value is -0.580. The van der Waals surface area contributed by atoms with Crippen LogP contribution in [0.25, 0.3) is 0 Å². The highest BCUT2D eigenvalue weighted by atomic mass is 79.9. The number of benzene rings is 1. The summed E-state index contributed by atoms with van der Waals surface area (Å²) in [5.41, 5.74) is 0.154. The lowest BCUT2D eigenvalue weighted by atomic mass is 10.2. The molecule has 2 aromatic rings. The van der Waals surface area contributed by atoms with Crippen molar-refractivity contribution < 1.29 is 13.2 Å². The lowest BCUT2D eigenvalue weighted by Gasteiger charge is -2.13. The second kappa shape index (κ2) is 9.57. The number of hydrogen-bond acceptors (Lipinski definition) is 5. The Morgan fingerprint density at radius 2 is 2.04 bits per heavy atom. The highest BCUT2D eigenvalue weighted by Gasteiger charge is 2.20. The quantitative estimate of drug-likeness (QED) is 0.558. The fourth-order valence-electron chi connectivity index (χ4n) is 1.98. The molecule has 1 N–H and O–H groups in total. The van der Waals surface area contributed by atoms with Crippen molar-refractivity contribution in [1.29, 1.82) is 0 Å². The number of amides is 1. The summed E-state index contributed by atoms with van der Waals surface area (Å²) in [6.45, 7) is 0.469. The zero-order chi connectivity index (χ0) is 19.3. The van der Waals surface area contributed by atoms with Gasteiger partial charge in [0.05, 0.1) is 19.3 Å². The summed E-state index contributed by atoms with van der Waals surface area (Å²) >= 11 is 12.9. The van der Waals surface area contributed by atoms with Crippen molar-refractivity contribution >= 4 is 66.6 Å². The van der Waals surface area contributed by atoms with Crippen molar-refractivity contribution in [2.75, 3.05) is 26.4 Å². The molecule has 1 aromatic heterocycles. The molecule has 0 unspecified atom stereocenters. The van der Waals surface area contributed by atoms with Crippen LogP contribution in [0.4, 0.5) is 0 Å². The summed E-state index contributed by atoms with van der Waals surface area (Å²) in [4.78, 5) is 13.6. The molecule has 1 amide bonds.